The van der Waals surface area contributed by atoms with E-state index in [1.165, 1.54) is 0 Å². The predicted molar refractivity (Wildman–Crippen MR) is 66.9 cm³/mol. The van der Waals surface area contributed by atoms with Gasteiger partial charge in [-0.3, -0.25) is 0 Å². The van der Waals surface area contributed by atoms with Crippen LogP contribution >= 0.6 is 0 Å². The van der Waals surface area contributed by atoms with Crippen molar-refractivity contribution < 1.29 is 18.3 Å². The van der Waals surface area contributed by atoms with Crippen LogP contribution in [0.4, 0.5) is 13.2 Å². The highest BCUT2D eigenvalue weighted by Gasteiger charge is 2.30. The molecular weight excluding hydrogens is 253 g/mol. The molecule has 2 rings (SSSR count). The topological polar surface area (TPSA) is 20.2 Å². The summed E-state index contributed by atoms with van der Waals surface area (Å²) in [7, 11) is 0. The number of rotatable bonds is 2. The first-order valence-corrected chi connectivity index (χ1v) is 6.72. The zero-order valence-corrected chi connectivity index (χ0v) is 11.2. The van der Waals surface area contributed by atoms with E-state index in [9.17, 15) is 18.3 Å². The average molecular weight is 272 g/mol. The average Bonchev–Trinajstić information content (AvgIpc) is 2.37. The molecule has 0 aromatic heterocycles. The van der Waals surface area contributed by atoms with Crippen molar-refractivity contribution in [2.45, 2.75) is 39.2 Å². The minimum absolute atomic E-state index is 0.0181. The second kappa shape index (κ2) is 5.53. The standard InChI is InChI=1S/C15H19F3O/c1-8-3-4-10(5-9(8)2)15(19)11-6-12(16)14(18)13(17)7-11/h6-10,15,19H,3-5H2,1-2H3. The molecule has 0 heterocycles. The third kappa shape index (κ3) is 2.94. The molecule has 1 nitrogen and oxygen atoms in total. The third-order valence-corrected chi connectivity index (χ3v) is 4.43. The van der Waals surface area contributed by atoms with Gasteiger partial charge in [-0.05, 0) is 48.3 Å². The maximum absolute atomic E-state index is 13.2. The zero-order chi connectivity index (χ0) is 14.2. The first-order valence-electron chi connectivity index (χ1n) is 6.72. The van der Waals surface area contributed by atoms with Gasteiger partial charge in [-0.25, -0.2) is 13.2 Å². The largest absolute Gasteiger partial charge is 0.388 e. The quantitative estimate of drug-likeness (QED) is 0.800. The van der Waals surface area contributed by atoms with Crippen LogP contribution in [0.3, 0.4) is 0 Å². The van der Waals surface area contributed by atoms with Crippen molar-refractivity contribution >= 4 is 0 Å². The Hall–Kier alpha value is -1.03. The molecule has 19 heavy (non-hydrogen) atoms. The van der Waals surface area contributed by atoms with Crippen LogP contribution in [0, 0.1) is 35.2 Å². The number of aliphatic hydroxyl groups is 1. The van der Waals surface area contributed by atoms with E-state index in [4.69, 9.17) is 0 Å². The van der Waals surface area contributed by atoms with Gasteiger partial charge in [-0.15, -0.1) is 0 Å². The molecule has 4 atom stereocenters. The van der Waals surface area contributed by atoms with E-state index >= 15 is 0 Å². The second-order valence-electron chi connectivity index (χ2n) is 5.77. The van der Waals surface area contributed by atoms with Crippen molar-refractivity contribution in [1.29, 1.82) is 0 Å². The highest BCUT2D eigenvalue weighted by Crippen LogP contribution is 2.40. The van der Waals surface area contributed by atoms with E-state index in [2.05, 4.69) is 13.8 Å². The van der Waals surface area contributed by atoms with Crippen molar-refractivity contribution in [3.05, 3.63) is 35.1 Å². The van der Waals surface area contributed by atoms with E-state index in [0.29, 0.717) is 11.8 Å². The fourth-order valence-electron chi connectivity index (χ4n) is 2.89. The lowest BCUT2D eigenvalue weighted by molar-refractivity contribution is 0.0555. The van der Waals surface area contributed by atoms with Crippen LogP contribution in [0.15, 0.2) is 12.1 Å². The van der Waals surface area contributed by atoms with Gasteiger partial charge in [0.2, 0.25) is 0 Å². The SMILES string of the molecule is CC1CCC(C(O)c2cc(F)c(F)c(F)c2)CC1C. The lowest BCUT2D eigenvalue weighted by atomic mass is 9.73. The van der Waals surface area contributed by atoms with Crippen LogP contribution < -0.4 is 0 Å². The Balaban J connectivity index is 2.18. The zero-order valence-electron chi connectivity index (χ0n) is 11.2. The van der Waals surface area contributed by atoms with Gasteiger partial charge in [0, 0.05) is 0 Å². The van der Waals surface area contributed by atoms with Crippen molar-refractivity contribution in [3.8, 4) is 0 Å². The van der Waals surface area contributed by atoms with Gasteiger partial charge in [-0.1, -0.05) is 20.3 Å². The Kier molecular flexibility index (Phi) is 4.19. The van der Waals surface area contributed by atoms with Crippen molar-refractivity contribution in [2.75, 3.05) is 0 Å². The minimum Gasteiger partial charge on any atom is -0.388 e. The smallest absolute Gasteiger partial charge is 0.194 e. The highest BCUT2D eigenvalue weighted by atomic mass is 19.2. The molecule has 4 unspecified atom stereocenters. The Bertz CT molecular complexity index is 438. The normalized spacial score (nSPS) is 29.3. The molecule has 1 aromatic rings. The molecule has 1 aromatic carbocycles. The maximum Gasteiger partial charge on any atom is 0.194 e. The Labute approximate surface area is 111 Å². The van der Waals surface area contributed by atoms with E-state index in [-0.39, 0.29) is 11.5 Å². The van der Waals surface area contributed by atoms with Gasteiger partial charge in [-0.2, -0.15) is 0 Å². The Morgan fingerprint density at radius 3 is 2.16 bits per heavy atom. The molecule has 0 bridgehead atoms. The van der Waals surface area contributed by atoms with Gasteiger partial charge in [0.05, 0.1) is 6.10 Å². The summed E-state index contributed by atoms with van der Waals surface area (Å²) in [5.41, 5.74) is 0.128. The number of aliphatic hydroxyl groups excluding tert-OH is 1. The van der Waals surface area contributed by atoms with Gasteiger partial charge < -0.3 is 5.11 Å². The summed E-state index contributed by atoms with van der Waals surface area (Å²) in [5.74, 6) is -2.91. The minimum atomic E-state index is -1.48. The number of hydrogen-bond acceptors (Lipinski definition) is 1. The summed E-state index contributed by atoms with van der Waals surface area (Å²) in [6.07, 6.45) is 1.71. The molecule has 0 spiro atoms. The lowest BCUT2D eigenvalue weighted by Crippen LogP contribution is -2.25. The first-order chi connectivity index (χ1) is 8.90. The molecule has 0 radical (unpaired) electrons. The van der Waals surface area contributed by atoms with Crippen LogP contribution in [0.2, 0.25) is 0 Å². The van der Waals surface area contributed by atoms with Crippen LogP contribution in [-0.2, 0) is 0 Å². The maximum atomic E-state index is 13.2. The van der Waals surface area contributed by atoms with Crippen LogP contribution in [-0.4, -0.2) is 5.11 Å². The van der Waals surface area contributed by atoms with Gasteiger partial charge in [0.15, 0.2) is 17.5 Å². The summed E-state index contributed by atoms with van der Waals surface area (Å²) in [4.78, 5) is 0. The first kappa shape index (κ1) is 14.4. The Morgan fingerprint density at radius 1 is 1.05 bits per heavy atom. The van der Waals surface area contributed by atoms with E-state index in [1.54, 1.807) is 0 Å². The molecule has 0 aliphatic heterocycles. The summed E-state index contributed by atoms with van der Waals surface area (Å²) in [6, 6.07) is 1.79. The van der Waals surface area contributed by atoms with Crippen LogP contribution in [0.25, 0.3) is 0 Å². The molecule has 1 N–H and O–H groups in total. The fourth-order valence-corrected chi connectivity index (χ4v) is 2.89. The van der Waals surface area contributed by atoms with Crippen molar-refractivity contribution in [1.82, 2.24) is 0 Å². The van der Waals surface area contributed by atoms with Gasteiger partial charge in [0.1, 0.15) is 0 Å². The second-order valence-corrected chi connectivity index (χ2v) is 5.77. The number of benzene rings is 1. The molecule has 1 fully saturated rings. The molecule has 0 saturated heterocycles. The van der Waals surface area contributed by atoms with E-state index < -0.39 is 23.6 Å². The molecule has 1 aliphatic carbocycles. The lowest BCUT2D eigenvalue weighted by Gasteiger charge is -2.34. The summed E-state index contributed by atoms with van der Waals surface area (Å²) < 4.78 is 39.3. The Morgan fingerprint density at radius 2 is 1.63 bits per heavy atom. The van der Waals surface area contributed by atoms with E-state index in [1.807, 2.05) is 0 Å². The highest BCUT2D eigenvalue weighted by molar-refractivity contribution is 5.22. The monoisotopic (exact) mass is 272 g/mol. The molecule has 106 valence electrons. The summed E-state index contributed by atoms with van der Waals surface area (Å²) >= 11 is 0. The van der Waals surface area contributed by atoms with Crippen molar-refractivity contribution in [2.24, 2.45) is 17.8 Å². The fraction of sp³-hybridized carbons (Fsp3) is 0.600. The predicted octanol–water partition coefficient (Wildman–Crippen LogP) is 4.21. The molecule has 1 saturated carbocycles. The number of hydrogen-bond donors (Lipinski definition) is 1. The molecule has 0 amide bonds. The third-order valence-electron chi connectivity index (χ3n) is 4.43. The number of halogens is 3. The van der Waals surface area contributed by atoms with Crippen molar-refractivity contribution in [3.63, 3.8) is 0 Å². The van der Waals surface area contributed by atoms with Crippen LogP contribution in [0.5, 0.6) is 0 Å². The van der Waals surface area contributed by atoms with Gasteiger partial charge in [0.25, 0.3) is 0 Å². The summed E-state index contributed by atoms with van der Waals surface area (Å²) in [6.45, 7) is 4.29. The summed E-state index contributed by atoms with van der Waals surface area (Å²) in [5, 5.41) is 10.2. The van der Waals surface area contributed by atoms with Gasteiger partial charge >= 0.3 is 0 Å². The molecule has 4 heteroatoms. The van der Waals surface area contributed by atoms with Crippen LogP contribution in [0.1, 0.15) is 44.8 Å². The molecular formula is C15H19F3O. The van der Waals surface area contributed by atoms with E-state index in [0.717, 1.165) is 31.4 Å². The molecule has 1 aliphatic rings.